The van der Waals surface area contributed by atoms with E-state index in [-0.39, 0.29) is 5.91 Å². The molecule has 28 heavy (non-hydrogen) atoms. The zero-order valence-corrected chi connectivity index (χ0v) is 17.4. The molecule has 3 rings (SSSR count). The molecule has 3 aromatic rings. The molecule has 0 aliphatic heterocycles. The summed E-state index contributed by atoms with van der Waals surface area (Å²) in [6.07, 6.45) is 2.47. The number of nitrogens with zero attached hydrogens (tertiary/aromatic N) is 1. The topological polar surface area (TPSA) is 41.6 Å². The van der Waals surface area contributed by atoms with Crippen LogP contribution >= 0.6 is 11.8 Å². The number of hydrogen-bond donors (Lipinski definition) is 1. The molecule has 1 amide bonds. The minimum atomic E-state index is 0.0407. The number of ether oxygens (including phenoxy) is 1. The Morgan fingerprint density at radius 1 is 1.07 bits per heavy atom. The van der Waals surface area contributed by atoms with Gasteiger partial charge in [-0.15, -0.1) is 11.8 Å². The summed E-state index contributed by atoms with van der Waals surface area (Å²) in [6.45, 7) is 1.50. The third-order valence-corrected chi connectivity index (χ3v) is 5.46. The maximum Gasteiger partial charge on any atom is 0.225 e. The molecule has 0 saturated heterocycles. The van der Waals surface area contributed by atoms with Crippen molar-refractivity contribution in [2.75, 3.05) is 32.3 Å². The van der Waals surface area contributed by atoms with Crippen LogP contribution in [0.1, 0.15) is 12.0 Å². The van der Waals surface area contributed by atoms with E-state index < -0.39 is 0 Å². The number of anilines is 1. The van der Waals surface area contributed by atoms with Crippen molar-refractivity contribution in [3.8, 4) is 5.75 Å². The van der Waals surface area contributed by atoms with Gasteiger partial charge >= 0.3 is 0 Å². The van der Waals surface area contributed by atoms with Crippen molar-refractivity contribution in [1.29, 1.82) is 0 Å². The lowest BCUT2D eigenvalue weighted by Crippen LogP contribution is -2.24. The number of rotatable bonds is 8. The van der Waals surface area contributed by atoms with Crippen LogP contribution in [0, 0.1) is 0 Å². The van der Waals surface area contributed by atoms with E-state index in [1.54, 1.807) is 18.9 Å². The molecule has 0 saturated carbocycles. The first-order valence-corrected chi connectivity index (χ1v) is 10.5. The number of hydrogen-bond acceptors (Lipinski definition) is 4. The van der Waals surface area contributed by atoms with Crippen molar-refractivity contribution in [2.24, 2.45) is 0 Å². The fourth-order valence-electron chi connectivity index (χ4n) is 3.14. The van der Waals surface area contributed by atoms with Crippen LogP contribution in [0.25, 0.3) is 10.8 Å². The highest BCUT2D eigenvalue weighted by molar-refractivity contribution is 7.98. The predicted octanol–water partition coefficient (Wildman–Crippen LogP) is 5.03. The summed E-state index contributed by atoms with van der Waals surface area (Å²) in [7, 11) is 3.72. The number of methoxy groups -OCH3 is 1. The largest absolute Gasteiger partial charge is 0.497 e. The lowest BCUT2D eigenvalue weighted by atomic mass is 10.1. The summed E-state index contributed by atoms with van der Waals surface area (Å²) in [5.74, 6) is 0.908. The Balaban J connectivity index is 1.54. The highest BCUT2D eigenvalue weighted by Crippen LogP contribution is 2.25. The number of nitrogens with one attached hydrogen (secondary N) is 1. The summed E-state index contributed by atoms with van der Waals surface area (Å²) in [5.41, 5.74) is 2.11. The third kappa shape index (κ3) is 5.27. The van der Waals surface area contributed by atoms with Gasteiger partial charge in [0.25, 0.3) is 0 Å². The van der Waals surface area contributed by atoms with Crippen LogP contribution in [-0.2, 0) is 11.3 Å². The molecule has 0 aromatic heterocycles. The molecule has 0 atom stereocenters. The Morgan fingerprint density at radius 2 is 1.82 bits per heavy atom. The first-order valence-electron chi connectivity index (χ1n) is 9.27. The summed E-state index contributed by atoms with van der Waals surface area (Å²) in [5, 5.41) is 5.37. The minimum absolute atomic E-state index is 0.0407. The molecule has 0 aliphatic carbocycles. The van der Waals surface area contributed by atoms with Crippen LogP contribution in [0.15, 0.2) is 65.6 Å². The summed E-state index contributed by atoms with van der Waals surface area (Å²) in [4.78, 5) is 15.6. The van der Waals surface area contributed by atoms with E-state index in [1.807, 2.05) is 49.7 Å². The third-order valence-electron chi connectivity index (χ3n) is 4.67. The SMILES string of the molecule is COc1ccc2cc(CN(C)CCC(=O)Nc3ccccc3SC)ccc2c1. The van der Waals surface area contributed by atoms with E-state index in [1.165, 1.54) is 10.9 Å². The second-order valence-electron chi connectivity index (χ2n) is 6.78. The number of benzene rings is 3. The lowest BCUT2D eigenvalue weighted by Gasteiger charge is -2.17. The zero-order valence-electron chi connectivity index (χ0n) is 16.6. The average Bonchev–Trinajstić information content (AvgIpc) is 2.72. The quantitative estimate of drug-likeness (QED) is 0.544. The zero-order chi connectivity index (χ0) is 19.9. The van der Waals surface area contributed by atoms with Gasteiger partial charge in [-0.25, -0.2) is 0 Å². The molecule has 0 aliphatic rings. The van der Waals surface area contributed by atoms with Gasteiger partial charge in [0, 0.05) is 24.4 Å². The number of para-hydroxylation sites is 1. The van der Waals surface area contributed by atoms with Crippen molar-refractivity contribution >= 4 is 34.1 Å². The van der Waals surface area contributed by atoms with Gasteiger partial charge < -0.3 is 15.0 Å². The number of thioether (sulfide) groups is 1. The van der Waals surface area contributed by atoms with Crippen LogP contribution < -0.4 is 10.1 Å². The average molecular weight is 395 g/mol. The smallest absolute Gasteiger partial charge is 0.225 e. The Labute approximate surface area is 170 Å². The van der Waals surface area contributed by atoms with Gasteiger partial charge in [0.2, 0.25) is 5.91 Å². The van der Waals surface area contributed by atoms with Crippen LogP contribution in [0.3, 0.4) is 0 Å². The minimum Gasteiger partial charge on any atom is -0.497 e. The van der Waals surface area contributed by atoms with E-state index in [2.05, 4.69) is 34.5 Å². The monoisotopic (exact) mass is 394 g/mol. The summed E-state index contributed by atoms with van der Waals surface area (Å²) in [6, 6.07) is 20.4. The first-order chi connectivity index (χ1) is 13.6. The van der Waals surface area contributed by atoms with Crippen LogP contribution in [-0.4, -0.2) is 37.8 Å². The molecular weight excluding hydrogens is 368 g/mol. The van der Waals surface area contributed by atoms with E-state index in [0.717, 1.165) is 28.3 Å². The molecule has 4 nitrogen and oxygen atoms in total. The van der Waals surface area contributed by atoms with E-state index in [4.69, 9.17) is 4.74 Å². The summed E-state index contributed by atoms with van der Waals surface area (Å²) >= 11 is 1.63. The highest BCUT2D eigenvalue weighted by atomic mass is 32.2. The van der Waals surface area contributed by atoms with Crippen molar-refractivity contribution in [1.82, 2.24) is 4.90 Å². The Bertz CT molecular complexity index is 958. The van der Waals surface area contributed by atoms with E-state index in [0.29, 0.717) is 13.0 Å². The number of fused-ring (bicyclic) bond motifs is 1. The molecule has 0 unspecified atom stereocenters. The molecule has 146 valence electrons. The van der Waals surface area contributed by atoms with E-state index >= 15 is 0 Å². The molecule has 3 aromatic carbocycles. The number of amides is 1. The predicted molar refractivity (Wildman–Crippen MR) is 118 cm³/mol. The second-order valence-corrected chi connectivity index (χ2v) is 7.63. The van der Waals surface area contributed by atoms with Gasteiger partial charge in [0.05, 0.1) is 12.8 Å². The van der Waals surface area contributed by atoms with Crippen LogP contribution in [0.4, 0.5) is 5.69 Å². The standard InChI is InChI=1S/C23H26N2O2S/c1-25(13-12-23(26)24-21-6-4-5-7-22(21)28-3)16-17-8-9-19-15-20(27-2)11-10-18(19)14-17/h4-11,14-15H,12-13,16H2,1-3H3,(H,24,26). The number of carbonyl (C=O) groups excluding carboxylic acids is 1. The Hall–Kier alpha value is -2.50. The van der Waals surface area contributed by atoms with Crippen molar-refractivity contribution < 1.29 is 9.53 Å². The maximum atomic E-state index is 12.3. The molecule has 0 spiro atoms. The van der Waals surface area contributed by atoms with Gasteiger partial charge in [-0.3, -0.25) is 4.79 Å². The van der Waals surface area contributed by atoms with Crippen LogP contribution in [0.5, 0.6) is 5.75 Å². The molecule has 5 heteroatoms. The van der Waals surface area contributed by atoms with Crippen LogP contribution in [0.2, 0.25) is 0 Å². The highest BCUT2D eigenvalue weighted by Gasteiger charge is 2.08. The fourth-order valence-corrected chi connectivity index (χ4v) is 3.70. The van der Waals surface area contributed by atoms with Gasteiger partial charge in [-0.1, -0.05) is 30.3 Å². The molecule has 0 fully saturated rings. The second kappa shape index (κ2) is 9.62. The van der Waals surface area contributed by atoms with Crippen molar-refractivity contribution in [3.63, 3.8) is 0 Å². The van der Waals surface area contributed by atoms with E-state index in [9.17, 15) is 4.79 Å². The van der Waals surface area contributed by atoms with Gasteiger partial charge in [-0.2, -0.15) is 0 Å². The van der Waals surface area contributed by atoms with Gasteiger partial charge in [0.15, 0.2) is 0 Å². The fraction of sp³-hybridized carbons (Fsp3) is 0.261. The van der Waals surface area contributed by atoms with Crippen molar-refractivity contribution in [3.05, 3.63) is 66.2 Å². The van der Waals surface area contributed by atoms with Gasteiger partial charge in [-0.05, 0) is 60.0 Å². The normalized spacial score (nSPS) is 11.0. The van der Waals surface area contributed by atoms with Crippen molar-refractivity contribution in [2.45, 2.75) is 17.9 Å². The number of carbonyl (C=O) groups is 1. The van der Waals surface area contributed by atoms with Gasteiger partial charge in [0.1, 0.15) is 5.75 Å². The Morgan fingerprint density at radius 3 is 2.61 bits per heavy atom. The molecule has 1 N–H and O–H groups in total. The molecular formula is C23H26N2O2S. The molecule has 0 bridgehead atoms. The molecule has 0 radical (unpaired) electrons. The lowest BCUT2D eigenvalue weighted by molar-refractivity contribution is -0.116. The molecule has 0 heterocycles. The summed E-state index contributed by atoms with van der Waals surface area (Å²) < 4.78 is 5.28. The first kappa shape index (κ1) is 20.2. The Kier molecular flexibility index (Phi) is 6.95. The maximum absolute atomic E-state index is 12.3.